The number of carbonyl (C=O) groups is 2. The molecule has 1 aromatic rings. The highest BCUT2D eigenvalue weighted by Crippen LogP contribution is 2.24. The molecule has 2 unspecified atom stereocenters. The molecular weight excluding hydrogens is 290 g/mol. The number of amides is 2. The van der Waals surface area contributed by atoms with Crippen molar-refractivity contribution in [1.82, 2.24) is 4.90 Å². The summed E-state index contributed by atoms with van der Waals surface area (Å²) in [7, 11) is 0. The summed E-state index contributed by atoms with van der Waals surface area (Å²) in [5.41, 5.74) is 6.51. The highest BCUT2D eigenvalue weighted by molar-refractivity contribution is 6.40. The Kier molecular flexibility index (Phi) is 4.73. The van der Waals surface area contributed by atoms with Gasteiger partial charge in [0.2, 0.25) is 0 Å². The van der Waals surface area contributed by atoms with E-state index in [2.05, 4.69) is 5.32 Å². The van der Waals surface area contributed by atoms with Crippen LogP contribution < -0.4 is 11.1 Å². The lowest BCUT2D eigenvalue weighted by Crippen LogP contribution is -2.51. The molecule has 2 rings (SSSR count). The molecule has 6 heteroatoms. The maximum atomic E-state index is 12.3. The van der Waals surface area contributed by atoms with E-state index in [1.807, 2.05) is 13.8 Å². The van der Waals surface area contributed by atoms with E-state index in [-0.39, 0.29) is 12.1 Å². The molecule has 0 bridgehead atoms. The number of carbonyl (C=O) groups excluding carboxylic acids is 2. The molecule has 114 valence electrons. The Bertz CT molecular complexity index is 552. The monoisotopic (exact) mass is 309 g/mol. The lowest BCUT2D eigenvalue weighted by atomic mass is 9.97. The van der Waals surface area contributed by atoms with Crippen molar-refractivity contribution in [2.24, 2.45) is 0 Å². The van der Waals surface area contributed by atoms with Gasteiger partial charge in [0.15, 0.2) is 0 Å². The first-order valence-electron chi connectivity index (χ1n) is 7.09. The van der Waals surface area contributed by atoms with Gasteiger partial charge in [-0.3, -0.25) is 9.59 Å². The second-order valence-electron chi connectivity index (χ2n) is 5.53. The molecule has 1 aliphatic rings. The molecule has 0 aliphatic carbocycles. The van der Waals surface area contributed by atoms with E-state index in [4.69, 9.17) is 17.3 Å². The van der Waals surface area contributed by atoms with Gasteiger partial charge in [-0.15, -0.1) is 0 Å². The van der Waals surface area contributed by atoms with Crippen LogP contribution in [0.4, 0.5) is 11.4 Å². The van der Waals surface area contributed by atoms with Crippen molar-refractivity contribution in [3.8, 4) is 0 Å². The number of nitrogens with one attached hydrogen (secondary N) is 1. The Morgan fingerprint density at radius 3 is 2.48 bits per heavy atom. The molecular formula is C15H20ClN3O2. The summed E-state index contributed by atoms with van der Waals surface area (Å²) >= 11 is 5.90. The number of hydrogen-bond donors (Lipinski definition) is 2. The molecule has 1 heterocycles. The molecule has 5 nitrogen and oxygen atoms in total. The Morgan fingerprint density at radius 1 is 1.29 bits per heavy atom. The highest BCUT2D eigenvalue weighted by Gasteiger charge is 2.32. The molecule has 1 fully saturated rings. The Labute approximate surface area is 129 Å². The third kappa shape index (κ3) is 3.47. The van der Waals surface area contributed by atoms with Gasteiger partial charge in [0.25, 0.3) is 0 Å². The van der Waals surface area contributed by atoms with Crippen LogP contribution in [-0.2, 0) is 9.59 Å². The molecule has 0 spiro atoms. The second-order valence-corrected chi connectivity index (χ2v) is 5.94. The molecule has 1 aliphatic heterocycles. The average molecular weight is 310 g/mol. The number of rotatable bonds is 1. The number of halogens is 1. The van der Waals surface area contributed by atoms with Crippen molar-refractivity contribution in [3.63, 3.8) is 0 Å². The maximum absolute atomic E-state index is 12.3. The fourth-order valence-corrected chi connectivity index (χ4v) is 2.91. The quantitative estimate of drug-likeness (QED) is 0.618. The minimum atomic E-state index is -0.642. The summed E-state index contributed by atoms with van der Waals surface area (Å²) < 4.78 is 0. The van der Waals surface area contributed by atoms with E-state index in [1.165, 1.54) is 6.07 Å². The predicted molar refractivity (Wildman–Crippen MR) is 84.1 cm³/mol. The van der Waals surface area contributed by atoms with E-state index in [0.717, 1.165) is 19.3 Å². The molecule has 21 heavy (non-hydrogen) atoms. The summed E-state index contributed by atoms with van der Waals surface area (Å²) in [5.74, 6) is -1.14. The lowest BCUT2D eigenvalue weighted by molar-refractivity contribution is -0.147. The summed E-state index contributed by atoms with van der Waals surface area (Å²) in [6.45, 7) is 3.95. The first-order chi connectivity index (χ1) is 9.90. The Hall–Kier alpha value is -1.75. The SMILES string of the molecule is CC1CCCC(C)N1C(=O)C(=O)Nc1ccc(N)c(Cl)c1. The second kappa shape index (κ2) is 6.35. The first-order valence-corrected chi connectivity index (χ1v) is 7.46. The molecule has 2 atom stereocenters. The van der Waals surface area contributed by atoms with Crippen LogP contribution in [0, 0.1) is 0 Å². The fraction of sp³-hybridized carbons (Fsp3) is 0.467. The van der Waals surface area contributed by atoms with Crippen LogP contribution in [0.25, 0.3) is 0 Å². The van der Waals surface area contributed by atoms with Crippen LogP contribution >= 0.6 is 11.6 Å². The molecule has 0 radical (unpaired) electrons. The van der Waals surface area contributed by atoms with Crippen molar-refractivity contribution in [2.45, 2.75) is 45.2 Å². The van der Waals surface area contributed by atoms with Crippen LogP contribution in [0.2, 0.25) is 5.02 Å². The van der Waals surface area contributed by atoms with E-state index in [0.29, 0.717) is 16.4 Å². The van der Waals surface area contributed by atoms with Crippen molar-refractivity contribution >= 4 is 34.8 Å². The molecule has 0 saturated carbocycles. The van der Waals surface area contributed by atoms with Crippen LogP contribution in [-0.4, -0.2) is 28.8 Å². The third-order valence-electron chi connectivity index (χ3n) is 3.88. The normalized spacial score (nSPS) is 22.0. The Balaban J connectivity index is 2.08. The smallest absolute Gasteiger partial charge is 0.313 e. The van der Waals surface area contributed by atoms with Crippen LogP contribution in [0.1, 0.15) is 33.1 Å². The van der Waals surface area contributed by atoms with E-state index < -0.39 is 11.8 Å². The number of piperidine rings is 1. The Morgan fingerprint density at radius 2 is 1.90 bits per heavy atom. The first kappa shape index (κ1) is 15.6. The zero-order chi connectivity index (χ0) is 15.6. The lowest BCUT2D eigenvalue weighted by Gasteiger charge is -2.38. The number of nitrogens with two attached hydrogens (primary N) is 1. The maximum Gasteiger partial charge on any atom is 0.313 e. The molecule has 0 aromatic heterocycles. The van der Waals surface area contributed by atoms with Gasteiger partial charge in [-0.05, 0) is 51.3 Å². The predicted octanol–water partition coefficient (Wildman–Crippen LogP) is 2.65. The van der Waals surface area contributed by atoms with Crippen molar-refractivity contribution in [1.29, 1.82) is 0 Å². The number of benzene rings is 1. The topological polar surface area (TPSA) is 75.4 Å². The van der Waals surface area contributed by atoms with Gasteiger partial charge < -0.3 is 16.0 Å². The number of nitrogens with zero attached hydrogens (tertiary/aromatic N) is 1. The summed E-state index contributed by atoms with van der Waals surface area (Å²) in [6, 6.07) is 4.92. The van der Waals surface area contributed by atoms with Gasteiger partial charge in [0.05, 0.1) is 10.7 Å². The zero-order valence-electron chi connectivity index (χ0n) is 12.2. The number of nitrogen functional groups attached to an aromatic ring is 1. The summed E-state index contributed by atoms with van der Waals surface area (Å²) in [5, 5.41) is 2.93. The van der Waals surface area contributed by atoms with Gasteiger partial charge in [-0.2, -0.15) is 0 Å². The van der Waals surface area contributed by atoms with E-state index in [9.17, 15) is 9.59 Å². The van der Waals surface area contributed by atoms with E-state index >= 15 is 0 Å². The van der Waals surface area contributed by atoms with Crippen molar-refractivity contribution in [3.05, 3.63) is 23.2 Å². The van der Waals surface area contributed by atoms with Gasteiger partial charge in [-0.25, -0.2) is 0 Å². The summed E-state index contributed by atoms with van der Waals surface area (Å²) in [6.07, 6.45) is 2.94. The minimum Gasteiger partial charge on any atom is -0.398 e. The molecule has 2 amide bonds. The number of anilines is 2. The molecule has 3 N–H and O–H groups in total. The van der Waals surface area contributed by atoms with Crippen LogP contribution in [0.3, 0.4) is 0 Å². The van der Waals surface area contributed by atoms with Gasteiger partial charge in [0.1, 0.15) is 0 Å². The van der Waals surface area contributed by atoms with Gasteiger partial charge in [-0.1, -0.05) is 11.6 Å². The van der Waals surface area contributed by atoms with E-state index in [1.54, 1.807) is 17.0 Å². The van der Waals surface area contributed by atoms with Crippen LogP contribution in [0.5, 0.6) is 0 Å². The standard InChI is InChI=1S/C15H20ClN3O2/c1-9-4-3-5-10(2)19(9)15(21)14(20)18-11-6-7-13(17)12(16)8-11/h6-10H,3-5,17H2,1-2H3,(H,18,20). The van der Waals surface area contributed by atoms with Crippen LogP contribution in [0.15, 0.2) is 18.2 Å². The van der Waals surface area contributed by atoms with Crippen molar-refractivity contribution in [2.75, 3.05) is 11.1 Å². The third-order valence-corrected chi connectivity index (χ3v) is 4.21. The number of likely N-dealkylation sites (tertiary alicyclic amines) is 1. The summed E-state index contributed by atoms with van der Waals surface area (Å²) in [4.78, 5) is 26.1. The van der Waals surface area contributed by atoms with Gasteiger partial charge >= 0.3 is 11.8 Å². The largest absolute Gasteiger partial charge is 0.398 e. The average Bonchev–Trinajstić information content (AvgIpc) is 2.42. The highest BCUT2D eigenvalue weighted by atomic mass is 35.5. The molecule has 1 aromatic carbocycles. The number of hydrogen-bond acceptors (Lipinski definition) is 3. The van der Waals surface area contributed by atoms with Crippen molar-refractivity contribution < 1.29 is 9.59 Å². The fourth-order valence-electron chi connectivity index (χ4n) is 2.73. The zero-order valence-corrected chi connectivity index (χ0v) is 13.0. The molecule has 1 saturated heterocycles. The van der Waals surface area contributed by atoms with Gasteiger partial charge in [0, 0.05) is 17.8 Å². The minimum absolute atomic E-state index is 0.0852.